The standard InChI is InChI=1S/C21H19F3N4O3/c1-11-7-15(8-16(12(11)2)20(30)31-4)27-19(29)17-10-26-28(13(17)3)18-6-5-14(9-25-18)21(22,23)24/h5-10H,1-4H3,(H,27,29). The van der Waals surface area contributed by atoms with Gasteiger partial charge in [0.1, 0.15) is 0 Å². The molecule has 0 radical (unpaired) electrons. The monoisotopic (exact) mass is 432 g/mol. The Morgan fingerprint density at radius 1 is 1.06 bits per heavy atom. The van der Waals surface area contributed by atoms with Crippen molar-refractivity contribution < 1.29 is 27.5 Å². The Labute approximate surface area is 175 Å². The van der Waals surface area contributed by atoms with Crippen molar-refractivity contribution in [1.29, 1.82) is 0 Å². The number of pyridine rings is 1. The lowest BCUT2D eigenvalue weighted by molar-refractivity contribution is -0.137. The average Bonchev–Trinajstić information content (AvgIpc) is 3.10. The fourth-order valence-corrected chi connectivity index (χ4v) is 2.99. The minimum Gasteiger partial charge on any atom is -0.465 e. The molecule has 0 aliphatic carbocycles. The van der Waals surface area contributed by atoms with Crippen molar-refractivity contribution in [3.8, 4) is 5.82 Å². The van der Waals surface area contributed by atoms with Gasteiger partial charge in [0.15, 0.2) is 5.82 Å². The van der Waals surface area contributed by atoms with Gasteiger partial charge in [0.05, 0.1) is 35.7 Å². The summed E-state index contributed by atoms with van der Waals surface area (Å²) in [4.78, 5) is 28.5. The fourth-order valence-electron chi connectivity index (χ4n) is 2.99. The highest BCUT2D eigenvalue weighted by atomic mass is 19.4. The number of methoxy groups -OCH3 is 1. The van der Waals surface area contributed by atoms with Crippen LogP contribution in [0.1, 0.15) is 43.1 Å². The van der Waals surface area contributed by atoms with Crippen LogP contribution in [0.15, 0.2) is 36.7 Å². The molecule has 2 aromatic heterocycles. The first-order chi connectivity index (χ1) is 14.5. The minimum atomic E-state index is -4.50. The maximum absolute atomic E-state index is 12.8. The summed E-state index contributed by atoms with van der Waals surface area (Å²) in [5, 5.41) is 6.78. The van der Waals surface area contributed by atoms with Crippen LogP contribution in [0.25, 0.3) is 5.82 Å². The van der Waals surface area contributed by atoms with Crippen molar-refractivity contribution in [2.24, 2.45) is 0 Å². The molecule has 7 nitrogen and oxygen atoms in total. The van der Waals surface area contributed by atoms with Crippen LogP contribution in [0.4, 0.5) is 18.9 Å². The summed E-state index contributed by atoms with van der Waals surface area (Å²) in [5.74, 6) is -0.868. The Morgan fingerprint density at radius 3 is 2.35 bits per heavy atom. The van der Waals surface area contributed by atoms with Crippen LogP contribution < -0.4 is 5.32 Å². The molecule has 3 aromatic rings. The Balaban J connectivity index is 1.87. The summed E-state index contributed by atoms with van der Waals surface area (Å²) >= 11 is 0. The number of aryl methyl sites for hydroxylation is 1. The van der Waals surface area contributed by atoms with Crippen molar-refractivity contribution in [2.45, 2.75) is 26.9 Å². The zero-order chi connectivity index (χ0) is 22.9. The zero-order valence-corrected chi connectivity index (χ0v) is 17.2. The van der Waals surface area contributed by atoms with E-state index in [1.165, 1.54) is 30.1 Å². The summed E-state index contributed by atoms with van der Waals surface area (Å²) < 4.78 is 44.2. The zero-order valence-electron chi connectivity index (χ0n) is 17.2. The third kappa shape index (κ3) is 4.42. The number of rotatable bonds is 4. The molecular weight excluding hydrogens is 413 g/mol. The van der Waals surface area contributed by atoms with E-state index in [2.05, 4.69) is 15.4 Å². The van der Waals surface area contributed by atoms with Gasteiger partial charge in [-0.25, -0.2) is 14.5 Å². The number of carbonyl (C=O) groups is 2. The van der Waals surface area contributed by atoms with Crippen LogP contribution in [0.2, 0.25) is 0 Å². The van der Waals surface area contributed by atoms with Gasteiger partial charge in [-0.15, -0.1) is 0 Å². The van der Waals surface area contributed by atoms with Gasteiger partial charge in [-0.1, -0.05) is 0 Å². The molecule has 0 bridgehead atoms. The molecule has 0 spiro atoms. The van der Waals surface area contributed by atoms with Gasteiger partial charge in [0.2, 0.25) is 0 Å². The van der Waals surface area contributed by atoms with Gasteiger partial charge in [0, 0.05) is 11.9 Å². The van der Waals surface area contributed by atoms with Crippen molar-refractivity contribution >= 4 is 17.6 Å². The van der Waals surface area contributed by atoms with Crippen molar-refractivity contribution in [3.05, 3.63) is 70.2 Å². The summed E-state index contributed by atoms with van der Waals surface area (Å²) in [6, 6.07) is 5.31. The van der Waals surface area contributed by atoms with Gasteiger partial charge < -0.3 is 10.1 Å². The number of benzene rings is 1. The molecule has 0 fully saturated rings. The summed E-state index contributed by atoms with van der Waals surface area (Å²) in [7, 11) is 1.27. The number of anilines is 1. The summed E-state index contributed by atoms with van der Waals surface area (Å²) in [5.41, 5.74) is 1.98. The SMILES string of the molecule is COC(=O)c1cc(NC(=O)c2cnn(-c3ccc(C(F)(F)F)cn3)c2C)cc(C)c1C. The third-order valence-electron chi connectivity index (χ3n) is 4.88. The van der Waals surface area contributed by atoms with Gasteiger partial charge >= 0.3 is 12.1 Å². The molecule has 0 saturated heterocycles. The van der Waals surface area contributed by atoms with Crippen molar-refractivity contribution in [1.82, 2.24) is 14.8 Å². The maximum atomic E-state index is 12.8. The van der Waals surface area contributed by atoms with Gasteiger partial charge in [-0.2, -0.15) is 18.3 Å². The number of hydrogen-bond acceptors (Lipinski definition) is 5. The normalized spacial score (nSPS) is 11.3. The van der Waals surface area contributed by atoms with Crippen molar-refractivity contribution in [3.63, 3.8) is 0 Å². The predicted molar refractivity (Wildman–Crippen MR) is 106 cm³/mol. The van der Waals surface area contributed by atoms with E-state index in [9.17, 15) is 22.8 Å². The molecule has 10 heteroatoms. The number of hydrogen-bond donors (Lipinski definition) is 1. The lowest BCUT2D eigenvalue weighted by Gasteiger charge is -2.12. The molecule has 3 rings (SSSR count). The Hall–Kier alpha value is -3.69. The average molecular weight is 432 g/mol. The molecule has 0 aliphatic heterocycles. The van der Waals surface area contributed by atoms with E-state index in [1.807, 2.05) is 0 Å². The maximum Gasteiger partial charge on any atom is 0.417 e. The van der Waals surface area contributed by atoms with Crippen LogP contribution in [-0.4, -0.2) is 33.8 Å². The molecule has 31 heavy (non-hydrogen) atoms. The molecule has 0 saturated carbocycles. The van der Waals surface area contributed by atoms with Crippen LogP contribution in [0.5, 0.6) is 0 Å². The Bertz CT molecular complexity index is 1150. The van der Waals surface area contributed by atoms with E-state index in [4.69, 9.17) is 4.74 Å². The molecule has 0 aliphatic rings. The summed E-state index contributed by atoms with van der Waals surface area (Å²) in [6.07, 6.45) is -2.49. The number of esters is 1. The van der Waals surface area contributed by atoms with Gasteiger partial charge in [0.25, 0.3) is 5.91 Å². The largest absolute Gasteiger partial charge is 0.465 e. The van der Waals surface area contributed by atoms with Crippen LogP contribution in [0.3, 0.4) is 0 Å². The summed E-state index contributed by atoms with van der Waals surface area (Å²) in [6.45, 7) is 5.18. The molecular formula is C21H19F3N4O3. The molecule has 0 atom stereocenters. The van der Waals surface area contributed by atoms with E-state index in [0.717, 1.165) is 17.2 Å². The molecule has 162 valence electrons. The van der Waals surface area contributed by atoms with E-state index >= 15 is 0 Å². The highest BCUT2D eigenvalue weighted by Gasteiger charge is 2.31. The van der Waals surface area contributed by atoms with Gasteiger partial charge in [-0.05, 0) is 56.2 Å². The lowest BCUT2D eigenvalue weighted by atomic mass is 10.0. The predicted octanol–water partition coefficient (Wildman–Crippen LogP) is 4.25. The first-order valence-corrected chi connectivity index (χ1v) is 9.12. The lowest BCUT2D eigenvalue weighted by Crippen LogP contribution is -2.15. The number of nitrogens with one attached hydrogen (secondary N) is 1. The highest BCUT2D eigenvalue weighted by molar-refractivity contribution is 6.05. The number of nitrogens with zero attached hydrogens (tertiary/aromatic N) is 3. The van der Waals surface area contributed by atoms with Crippen LogP contribution >= 0.6 is 0 Å². The quantitative estimate of drug-likeness (QED) is 0.623. The fraction of sp³-hybridized carbons (Fsp3) is 0.238. The number of aromatic nitrogens is 3. The topological polar surface area (TPSA) is 86.1 Å². The number of alkyl halides is 3. The van der Waals surface area contributed by atoms with E-state index in [0.29, 0.717) is 23.1 Å². The second kappa shape index (κ2) is 8.21. The molecule has 1 aromatic carbocycles. The Kier molecular flexibility index (Phi) is 5.83. The van der Waals surface area contributed by atoms with Crippen LogP contribution in [-0.2, 0) is 10.9 Å². The van der Waals surface area contributed by atoms with Crippen LogP contribution in [0, 0.1) is 20.8 Å². The first kappa shape index (κ1) is 22.0. The number of ether oxygens (including phenoxy) is 1. The molecule has 2 heterocycles. The second-order valence-corrected chi connectivity index (χ2v) is 6.87. The number of amides is 1. The van der Waals surface area contributed by atoms with E-state index in [-0.39, 0.29) is 11.4 Å². The van der Waals surface area contributed by atoms with Gasteiger partial charge in [-0.3, -0.25) is 4.79 Å². The Morgan fingerprint density at radius 2 is 1.77 bits per heavy atom. The second-order valence-electron chi connectivity index (χ2n) is 6.87. The molecule has 1 N–H and O–H groups in total. The van der Waals surface area contributed by atoms with Crippen molar-refractivity contribution in [2.75, 3.05) is 12.4 Å². The number of carbonyl (C=O) groups excluding carboxylic acids is 2. The van der Waals surface area contributed by atoms with E-state index < -0.39 is 23.6 Å². The molecule has 1 amide bonds. The van der Waals surface area contributed by atoms with E-state index in [1.54, 1.807) is 26.8 Å². The third-order valence-corrected chi connectivity index (χ3v) is 4.88. The molecule has 0 unspecified atom stereocenters. The first-order valence-electron chi connectivity index (χ1n) is 9.12. The number of halogens is 3. The highest BCUT2D eigenvalue weighted by Crippen LogP contribution is 2.29. The smallest absolute Gasteiger partial charge is 0.417 e. The minimum absolute atomic E-state index is 0.142.